The summed E-state index contributed by atoms with van der Waals surface area (Å²) >= 11 is 9.20. The van der Waals surface area contributed by atoms with E-state index in [1.165, 1.54) is 5.56 Å². The van der Waals surface area contributed by atoms with E-state index in [4.69, 9.17) is 16.3 Å². The van der Waals surface area contributed by atoms with E-state index in [2.05, 4.69) is 28.1 Å². The van der Waals surface area contributed by atoms with Crippen LogP contribution in [0.25, 0.3) is 0 Å². The molecule has 4 heteroatoms. The lowest BCUT2D eigenvalue weighted by atomic mass is 10.1. The highest BCUT2D eigenvalue weighted by atomic mass is 79.9. The average Bonchev–Trinajstić information content (AvgIpc) is 2.40. The third-order valence-corrected chi connectivity index (χ3v) is 3.96. The fourth-order valence-electron chi connectivity index (χ4n) is 1.83. The summed E-state index contributed by atoms with van der Waals surface area (Å²) in [5, 5.41) is 0.778. The zero-order chi connectivity index (χ0) is 14.1. The number of esters is 1. The Morgan fingerprint density at radius 1 is 1.26 bits per heavy atom. The van der Waals surface area contributed by atoms with Crippen molar-refractivity contribution >= 4 is 33.5 Å². The Bertz CT molecular complexity index is 378. The Morgan fingerprint density at radius 2 is 1.95 bits per heavy atom. The summed E-state index contributed by atoms with van der Waals surface area (Å²) in [6.07, 6.45) is 5.17. The maximum atomic E-state index is 11.4. The number of carbonyl (C=O) groups excluding carboxylic acids is 1. The molecule has 0 aliphatic carbocycles. The lowest BCUT2D eigenvalue weighted by molar-refractivity contribution is -0.142. The number of halogens is 2. The molecule has 0 aromatic heterocycles. The molecule has 0 N–H and O–H groups in total. The molecule has 0 saturated heterocycles. The number of benzene rings is 1. The SMILES string of the molecule is CCOC(=O)C(Br)CCCCCc1ccc(Cl)cc1. The number of hydrogen-bond acceptors (Lipinski definition) is 2. The van der Waals surface area contributed by atoms with Crippen molar-refractivity contribution in [3.8, 4) is 0 Å². The summed E-state index contributed by atoms with van der Waals surface area (Å²) in [6.45, 7) is 2.27. The molecule has 1 rings (SSSR count). The van der Waals surface area contributed by atoms with Gasteiger partial charge >= 0.3 is 5.97 Å². The summed E-state index contributed by atoms with van der Waals surface area (Å²) in [4.78, 5) is 11.2. The molecule has 19 heavy (non-hydrogen) atoms. The fraction of sp³-hybridized carbons (Fsp3) is 0.533. The number of carbonyl (C=O) groups is 1. The van der Waals surface area contributed by atoms with E-state index in [1.54, 1.807) is 0 Å². The second-order valence-electron chi connectivity index (χ2n) is 4.45. The quantitative estimate of drug-likeness (QED) is 0.385. The van der Waals surface area contributed by atoms with Crippen LogP contribution in [0.3, 0.4) is 0 Å². The zero-order valence-electron chi connectivity index (χ0n) is 11.2. The second-order valence-corrected chi connectivity index (χ2v) is 5.99. The van der Waals surface area contributed by atoms with Gasteiger partial charge in [0.05, 0.1) is 6.61 Å². The van der Waals surface area contributed by atoms with Crippen molar-refractivity contribution in [2.45, 2.75) is 43.9 Å². The van der Waals surface area contributed by atoms with Gasteiger partial charge in [0.15, 0.2) is 0 Å². The highest BCUT2D eigenvalue weighted by Gasteiger charge is 2.14. The molecule has 0 amide bonds. The maximum absolute atomic E-state index is 11.4. The molecule has 0 bridgehead atoms. The Balaban J connectivity index is 2.11. The monoisotopic (exact) mass is 346 g/mol. The summed E-state index contributed by atoms with van der Waals surface area (Å²) in [6, 6.07) is 7.97. The van der Waals surface area contributed by atoms with Gasteiger partial charge in [-0.15, -0.1) is 0 Å². The van der Waals surface area contributed by atoms with Crippen molar-refractivity contribution < 1.29 is 9.53 Å². The third kappa shape index (κ3) is 6.98. The molecule has 0 heterocycles. The largest absolute Gasteiger partial charge is 0.465 e. The number of rotatable bonds is 8. The molecule has 0 fully saturated rings. The topological polar surface area (TPSA) is 26.3 Å². The first-order valence-electron chi connectivity index (χ1n) is 6.68. The van der Waals surface area contributed by atoms with Crippen molar-refractivity contribution in [3.05, 3.63) is 34.9 Å². The van der Waals surface area contributed by atoms with Crippen molar-refractivity contribution in [2.75, 3.05) is 6.61 Å². The van der Waals surface area contributed by atoms with Gasteiger partial charge in [-0.3, -0.25) is 4.79 Å². The van der Waals surface area contributed by atoms with E-state index in [-0.39, 0.29) is 10.8 Å². The van der Waals surface area contributed by atoms with Gasteiger partial charge in [0, 0.05) is 5.02 Å². The summed E-state index contributed by atoms with van der Waals surface area (Å²) in [5.41, 5.74) is 1.31. The molecule has 1 atom stereocenters. The predicted molar refractivity (Wildman–Crippen MR) is 83.0 cm³/mol. The van der Waals surface area contributed by atoms with Crippen LogP contribution in [-0.2, 0) is 16.0 Å². The molecule has 1 unspecified atom stereocenters. The van der Waals surface area contributed by atoms with Gasteiger partial charge in [-0.25, -0.2) is 0 Å². The average molecular weight is 348 g/mol. The highest BCUT2D eigenvalue weighted by molar-refractivity contribution is 9.10. The maximum Gasteiger partial charge on any atom is 0.319 e. The molecule has 0 radical (unpaired) electrons. The second kappa shape index (κ2) is 9.38. The van der Waals surface area contributed by atoms with Crippen LogP contribution in [0.15, 0.2) is 24.3 Å². The van der Waals surface area contributed by atoms with Crippen LogP contribution >= 0.6 is 27.5 Å². The Kier molecular flexibility index (Phi) is 8.15. The van der Waals surface area contributed by atoms with Crippen molar-refractivity contribution in [1.82, 2.24) is 0 Å². The lowest BCUT2D eigenvalue weighted by Gasteiger charge is -2.08. The van der Waals surface area contributed by atoms with Crippen LogP contribution < -0.4 is 0 Å². The number of hydrogen-bond donors (Lipinski definition) is 0. The molecule has 1 aromatic rings. The van der Waals surface area contributed by atoms with Crippen molar-refractivity contribution in [2.24, 2.45) is 0 Å². The van der Waals surface area contributed by atoms with E-state index in [9.17, 15) is 4.79 Å². The van der Waals surface area contributed by atoms with E-state index < -0.39 is 0 Å². The first-order valence-corrected chi connectivity index (χ1v) is 7.98. The summed E-state index contributed by atoms with van der Waals surface area (Å²) in [7, 11) is 0. The first-order chi connectivity index (χ1) is 9.13. The molecule has 0 aliphatic rings. The van der Waals surface area contributed by atoms with Crippen LogP contribution in [0.1, 0.15) is 38.2 Å². The molecule has 0 aliphatic heterocycles. The first kappa shape index (κ1) is 16.5. The minimum Gasteiger partial charge on any atom is -0.465 e. The van der Waals surface area contributed by atoms with Crippen LogP contribution in [0.5, 0.6) is 0 Å². The van der Waals surface area contributed by atoms with Gasteiger partial charge in [0.2, 0.25) is 0 Å². The minimum atomic E-state index is -0.164. The van der Waals surface area contributed by atoms with Gasteiger partial charge in [0.25, 0.3) is 0 Å². The highest BCUT2D eigenvalue weighted by Crippen LogP contribution is 2.15. The van der Waals surface area contributed by atoms with Crippen LogP contribution in [-0.4, -0.2) is 17.4 Å². The number of unbranched alkanes of at least 4 members (excludes halogenated alkanes) is 2. The number of ether oxygens (including phenoxy) is 1. The van der Waals surface area contributed by atoms with Crippen LogP contribution in [0, 0.1) is 0 Å². The molecular formula is C15H20BrClO2. The molecule has 106 valence electrons. The summed E-state index contributed by atoms with van der Waals surface area (Å²) < 4.78 is 4.94. The molecular weight excluding hydrogens is 328 g/mol. The Morgan fingerprint density at radius 3 is 2.58 bits per heavy atom. The van der Waals surface area contributed by atoms with Gasteiger partial charge in [-0.05, 0) is 43.9 Å². The Labute approximate surface area is 128 Å². The van der Waals surface area contributed by atoms with Crippen LogP contribution in [0.4, 0.5) is 0 Å². The molecule has 1 aromatic carbocycles. The molecule has 0 saturated carbocycles. The lowest BCUT2D eigenvalue weighted by Crippen LogP contribution is -2.17. The summed E-state index contributed by atoms with van der Waals surface area (Å²) in [5.74, 6) is -0.153. The van der Waals surface area contributed by atoms with Gasteiger partial charge in [-0.1, -0.05) is 52.5 Å². The van der Waals surface area contributed by atoms with Gasteiger partial charge in [-0.2, -0.15) is 0 Å². The normalized spacial score (nSPS) is 12.2. The van der Waals surface area contributed by atoms with Crippen LogP contribution in [0.2, 0.25) is 5.02 Å². The van der Waals surface area contributed by atoms with Gasteiger partial charge in [0.1, 0.15) is 4.83 Å². The number of aryl methyl sites for hydroxylation is 1. The standard InChI is InChI=1S/C15H20BrClO2/c1-2-19-15(18)14(16)7-5-3-4-6-12-8-10-13(17)11-9-12/h8-11,14H,2-7H2,1H3. The van der Waals surface area contributed by atoms with E-state index >= 15 is 0 Å². The Hall–Kier alpha value is -0.540. The number of alkyl halides is 1. The van der Waals surface area contributed by atoms with E-state index in [1.807, 2.05) is 19.1 Å². The van der Waals surface area contributed by atoms with E-state index in [0.717, 1.165) is 37.1 Å². The smallest absolute Gasteiger partial charge is 0.319 e. The van der Waals surface area contributed by atoms with E-state index in [0.29, 0.717) is 6.61 Å². The minimum absolute atomic E-state index is 0.153. The fourth-order valence-corrected chi connectivity index (χ4v) is 2.41. The zero-order valence-corrected chi connectivity index (χ0v) is 13.5. The molecule has 2 nitrogen and oxygen atoms in total. The van der Waals surface area contributed by atoms with Gasteiger partial charge < -0.3 is 4.74 Å². The predicted octanol–water partition coefficient (Wildman–Crippen LogP) is 4.77. The van der Waals surface area contributed by atoms with Crippen molar-refractivity contribution in [1.29, 1.82) is 0 Å². The third-order valence-electron chi connectivity index (χ3n) is 2.88. The molecule has 0 spiro atoms. The van der Waals surface area contributed by atoms with Crippen molar-refractivity contribution in [3.63, 3.8) is 0 Å².